The van der Waals surface area contributed by atoms with Crippen molar-refractivity contribution in [1.82, 2.24) is 73.3 Å². The Morgan fingerprint density at radius 1 is 0.318 bits per heavy atom. The van der Waals surface area contributed by atoms with Crippen LogP contribution in [0.25, 0.3) is 33.5 Å². The Balaban J connectivity index is 0.000000168. The SMILES string of the molecule is NC(=O)C1=CN([C@@H]2O[C@H](COP(=O)(O)OP(=O)(O)OC[C@H]3O[C@@H](n4cnc5c(N)ncnc54)[C@H](O)[C@@H]3O)[C@@H](O)[C@H]2O)C=CC1.NC(=O)C1=CN([C@@H]2O[C@H](COP(=O)(O)OP(=O)(O)OC[C@H]3O[C@@H](n4cnc5c(N)ncnc54)[C@H](O)[C@@H]3O)[C@@H](O)[C@H]2O)C=CC1.NC(=O)C1=CN([C@@H]2O[C@H](COP(=O)(O)OP(=O)(O)OC[C@H]3O[C@@H](n4cnc5c(N)ncnc54)[C@H](O)[C@@H]3O)[C@@H](O)[C@H]2O)C=CC1. The van der Waals surface area contributed by atoms with Gasteiger partial charge in [-0.05, 0) is 19.3 Å². The van der Waals surface area contributed by atoms with E-state index in [9.17, 15) is 132 Å². The predicted octanol–water partition coefficient (Wildman–Crippen LogP) is -8.06. The normalized spacial score (nSPS) is 33.3. The molecule has 9 aliphatic rings. The van der Waals surface area contributed by atoms with E-state index in [2.05, 4.69) is 57.8 Å². The zero-order valence-electron chi connectivity index (χ0n) is 67.1. The number of ether oxygens (including phenoxy) is 6. The van der Waals surface area contributed by atoms with Gasteiger partial charge in [-0.15, -0.1) is 0 Å². The predicted molar refractivity (Wildman–Crippen MR) is 426 cm³/mol. The third-order valence-electron chi connectivity index (χ3n) is 20.6. The molecule has 15 rings (SSSR count). The molecule has 132 heavy (non-hydrogen) atoms. The van der Waals surface area contributed by atoms with Crippen molar-refractivity contribution in [2.24, 2.45) is 17.2 Å². The quantitative estimate of drug-likeness (QED) is 0.0170. The largest absolute Gasteiger partial charge is 0.481 e. The molecule has 0 spiro atoms. The molecule has 0 saturated carbocycles. The van der Waals surface area contributed by atoms with Crippen molar-refractivity contribution in [1.29, 1.82) is 0 Å². The molecule has 6 saturated heterocycles. The van der Waals surface area contributed by atoms with Crippen LogP contribution in [0.2, 0.25) is 0 Å². The minimum Gasteiger partial charge on any atom is -0.387 e. The van der Waals surface area contributed by atoms with E-state index in [0.29, 0.717) is 0 Å². The average Bonchev–Trinajstić information content (AvgIpc) is 1.63. The Labute approximate surface area is 737 Å². The summed E-state index contributed by atoms with van der Waals surface area (Å²) < 4.78 is 152. The fourth-order valence-corrected chi connectivity index (χ4v) is 20.3. The molecular weight excluding hydrogens is 1910 g/mol. The Kier molecular flexibility index (Phi) is 31.1. The number of rotatable bonds is 33. The van der Waals surface area contributed by atoms with Gasteiger partial charge in [-0.3, -0.25) is 55.2 Å². The number of allylic oxidation sites excluding steroid dienone is 3. The second-order valence-corrected chi connectivity index (χ2v) is 38.7. The summed E-state index contributed by atoms with van der Waals surface area (Å²) in [6.07, 6.45) is -14.6. The molecule has 0 radical (unpaired) electrons. The number of nitrogen functional groups attached to an aromatic ring is 3. The molecule has 69 heteroatoms. The monoisotopic (exact) mass is 2000 g/mol. The minimum absolute atomic E-state index is 0.0517. The maximum atomic E-state index is 12.4. The van der Waals surface area contributed by atoms with Gasteiger partial charge in [0, 0.05) is 53.9 Å². The van der Waals surface area contributed by atoms with Crippen LogP contribution in [0.4, 0.5) is 17.5 Å². The van der Waals surface area contributed by atoms with Gasteiger partial charge in [-0.1, -0.05) is 18.2 Å². The maximum Gasteiger partial charge on any atom is 0.481 e. The molecule has 6 unspecified atom stereocenters. The van der Waals surface area contributed by atoms with E-state index in [1.54, 1.807) is 18.2 Å². The number of carbonyl (C=O) groups excluding carboxylic acids is 3. The summed E-state index contributed by atoms with van der Waals surface area (Å²) >= 11 is 0. The summed E-state index contributed by atoms with van der Waals surface area (Å²) in [6, 6.07) is 0. The Bertz CT molecular complexity index is 5210. The van der Waals surface area contributed by atoms with Crippen LogP contribution in [0.15, 0.2) is 110 Å². The number of aromatic nitrogens is 12. The number of nitrogens with zero attached hydrogens (tertiary/aromatic N) is 15. The van der Waals surface area contributed by atoms with Gasteiger partial charge in [0.25, 0.3) is 0 Å². The van der Waals surface area contributed by atoms with E-state index in [0.717, 1.165) is 19.0 Å². The molecular formula is C63H87N21O42P6. The molecule has 30 N–H and O–H groups in total. The van der Waals surface area contributed by atoms with Crippen molar-refractivity contribution in [3.05, 3.63) is 110 Å². The fraction of sp³-hybridized carbons (Fsp3) is 0.524. The van der Waals surface area contributed by atoms with Crippen molar-refractivity contribution < 1.29 is 201 Å². The third-order valence-corrected chi connectivity index (χ3v) is 28.4. The lowest BCUT2D eigenvalue weighted by molar-refractivity contribution is -0.115. The van der Waals surface area contributed by atoms with Gasteiger partial charge in [-0.25, -0.2) is 72.2 Å². The van der Waals surface area contributed by atoms with E-state index in [-0.39, 0.29) is 86.9 Å². The second kappa shape index (κ2) is 40.7. The van der Waals surface area contributed by atoms with Crippen LogP contribution in [-0.2, 0) is 110 Å². The number of aliphatic hydroxyl groups is 12. The number of nitrogens with two attached hydrogens (primary N) is 6. The molecule has 15 heterocycles. The van der Waals surface area contributed by atoms with Crippen LogP contribution in [0.1, 0.15) is 37.9 Å². The number of amides is 3. The summed E-state index contributed by atoms with van der Waals surface area (Å²) in [7, 11) is -32.2. The zero-order valence-corrected chi connectivity index (χ0v) is 72.5. The van der Waals surface area contributed by atoms with E-state index in [4.69, 9.17) is 90.0 Å². The highest BCUT2D eigenvalue weighted by atomic mass is 31.3. The molecule has 6 aromatic heterocycles. The first-order chi connectivity index (χ1) is 62.0. The molecule has 6 fully saturated rings. The number of imidazole rings is 3. The highest BCUT2D eigenvalue weighted by Crippen LogP contribution is 2.63. The number of primary amides is 3. The third kappa shape index (κ3) is 23.0. The van der Waals surface area contributed by atoms with Crippen molar-refractivity contribution in [3.8, 4) is 0 Å². The van der Waals surface area contributed by atoms with Crippen molar-refractivity contribution in [2.45, 2.75) is 167 Å². The molecule has 6 aromatic rings. The van der Waals surface area contributed by atoms with Crippen molar-refractivity contribution in [2.75, 3.05) is 56.8 Å². The van der Waals surface area contributed by atoms with Crippen LogP contribution in [0, 0.1) is 0 Å². The number of hydrogen-bond donors (Lipinski definition) is 24. The summed E-state index contributed by atoms with van der Waals surface area (Å²) in [4.78, 5) is 134. The number of phosphoric acid groups is 6. The van der Waals surface area contributed by atoms with Crippen molar-refractivity contribution >= 4 is 116 Å². The number of aliphatic hydroxyl groups excluding tert-OH is 12. The number of carbonyl (C=O) groups is 3. The van der Waals surface area contributed by atoms with Gasteiger partial charge < -0.3 is 168 Å². The highest BCUT2D eigenvalue weighted by Gasteiger charge is 2.54. The number of hydrogen-bond acceptors (Lipinski definition) is 51. The molecule has 726 valence electrons. The average molecular weight is 2000 g/mol. The minimum atomic E-state index is -5.37. The molecule has 3 amide bonds. The molecule has 0 bridgehead atoms. The summed E-state index contributed by atoms with van der Waals surface area (Å²) in [5.74, 6) is -1.97. The van der Waals surface area contributed by atoms with Crippen LogP contribution in [0.3, 0.4) is 0 Å². The molecule has 9 aliphatic heterocycles. The van der Waals surface area contributed by atoms with Crippen molar-refractivity contribution in [3.63, 3.8) is 0 Å². The van der Waals surface area contributed by atoms with Crippen LogP contribution in [0.5, 0.6) is 0 Å². The number of fused-ring (bicyclic) bond motifs is 3. The number of phosphoric ester groups is 6. The van der Waals surface area contributed by atoms with Gasteiger partial charge in [-0.2, -0.15) is 12.9 Å². The summed E-state index contributed by atoms with van der Waals surface area (Å²) in [6.45, 7) is -5.36. The highest BCUT2D eigenvalue weighted by molar-refractivity contribution is 7.62. The second-order valence-electron chi connectivity index (χ2n) is 29.5. The Morgan fingerprint density at radius 2 is 0.515 bits per heavy atom. The summed E-state index contributed by atoms with van der Waals surface area (Å²) in [5.41, 5.74) is 34.7. The molecule has 0 aliphatic carbocycles. The van der Waals surface area contributed by atoms with Crippen LogP contribution >= 0.6 is 46.9 Å². The Morgan fingerprint density at radius 3 is 0.720 bits per heavy atom. The lowest BCUT2D eigenvalue weighted by Gasteiger charge is -2.28. The first-order valence-electron chi connectivity index (χ1n) is 38.2. The van der Waals surface area contributed by atoms with Crippen LogP contribution < -0.4 is 34.4 Å². The van der Waals surface area contributed by atoms with Gasteiger partial charge >= 0.3 is 46.9 Å². The van der Waals surface area contributed by atoms with Gasteiger partial charge in [0.2, 0.25) is 17.7 Å². The standard InChI is InChI=1S/3C21H29N7O14P2/c3*22-17-12-19(25-7-24-17)28(8-26-12)21-16(32)14(30)11(41-21)6-39-44(36,37)42-43(34,35)38-5-10-13(29)15(31)20(40-10)27-3-1-2-9(4-27)18(23)33/h3*1,3-4,7-8,10-11,13-16,20-21,29-32H,2,5-6H2,(H2,23,33)(H,34,35)(H,36,37)(H2,22,24,25)/t3*10-,11-,13-,14-,15-,16-,20-,21-/m111/s1. The molecule has 63 nitrogen and oxygen atoms in total. The fourth-order valence-electron chi connectivity index (χ4n) is 14.0. The zero-order chi connectivity index (χ0) is 95.9. The lowest BCUT2D eigenvalue weighted by atomic mass is 10.1. The van der Waals surface area contributed by atoms with Gasteiger partial charge in [0.1, 0.15) is 145 Å². The van der Waals surface area contributed by atoms with E-state index in [1.807, 2.05) is 0 Å². The first kappa shape index (κ1) is 101. The summed E-state index contributed by atoms with van der Waals surface area (Å²) in [5, 5.41) is 125. The first-order valence-corrected chi connectivity index (χ1v) is 47.2. The van der Waals surface area contributed by atoms with E-state index < -0.39 is 252 Å². The maximum absolute atomic E-state index is 12.4. The number of anilines is 3. The smallest absolute Gasteiger partial charge is 0.387 e. The molecule has 30 atom stereocenters. The molecule has 0 aromatic carbocycles. The topological polar surface area (TPSA) is 953 Å². The lowest BCUT2D eigenvalue weighted by Crippen LogP contribution is -2.40. The van der Waals surface area contributed by atoms with Gasteiger partial charge in [0.15, 0.2) is 71.8 Å². The Hall–Kier alpha value is -8.64. The van der Waals surface area contributed by atoms with Crippen LogP contribution in [-0.4, -0.2) is 350 Å². The van der Waals surface area contributed by atoms with Gasteiger partial charge in [0.05, 0.1) is 58.6 Å². The van der Waals surface area contributed by atoms with E-state index in [1.165, 1.54) is 84.6 Å². The van der Waals surface area contributed by atoms with E-state index >= 15 is 0 Å².